The number of imidazole rings is 1. The smallest absolute Gasteiger partial charge is 0.345 e. The van der Waals surface area contributed by atoms with Crippen LogP contribution in [0.3, 0.4) is 0 Å². The van der Waals surface area contributed by atoms with Gasteiger partial charge in [-0.1, -0.05) is 30.3 Å². The van der Waals surface area contributed by atoms with Gasteiger partial charge in [-0.15, -0.1) is 0 Å². The van der Waals surface area contributed by atoms with Crippen LogP contribution < -0.4 is 0 Å². The SMILES string of the molecule is Cc1[nH]c([C@@H]2CCCN(CC(F)(F)F)C2)nc1-c1cnc(-c2ccccc2)nc1. The molecule has 0 amide bonds. The van der Waals surface area contributed by atoms with Crippen molar-refractivity contribution >= 4 is 0 Å². The Labute approximate surface area is 167 Å². The first-order chi connectivity index (χ1) is 13.9. The van der Waals surface area contributed by atoms with Crippen LogP contribution in [0.4, 0.5) is 13.2 Å². The van der Waals surface area contributed by atoms with E-state index in [-0.39, 0.29) is 5.92 Å². The van der Waals surface area contributed by atoms with Gasteiger partial charge in [0.05, 0.1) is 12.2 Å². The number of nitrogens with one attached hydrogen (secondary N) is 1. The highest BCUT2D eigenvalue weighted by molar-refractivity contribution is 5.62. The van der Waals surface area contributed by atoms with Gasteiger partial charge >= 0.3 is 6.18 Å². The van der Waals surface area contributed by atoms with Crippen LogP contribution in [0.25, 0.3) is 22.6 Å². The van der Waals surface area contributed by atoms with Crippen LogP contribution in [-0.2, 0) is 0 Å². The summed E-state index contributed by atoms with van der Waals surface area (Å²) in [4.78, 5) is 18.3. The number of hydrogen-bond donors (Lipinski definition) is 1. The fourth-order valence-electron chi connectivity index (χ4n) is 3.82. The molecule has 1 aromatic carbocycles. The van der Waals surface area contributed by atoms with E-state index in [9.17, 15) is 13.2 Å². The number of aromatic amines is 1. The van der Waals surface area contributed by atoms with Gasteiger partial charge in [0.15, 0.2) is 5.82 Å². The van der Waals surface area contributed by atoms with Crippen molar-refractivity contribution in [3.8, 4) is 22.6 Å². The van der Waals surface area contributed by atoms with Gasteiger partial charge in [-0.05, 0) is 26.3 Å². The quantitative estimate of drug-likeness (QED) is 0.695. The van der Waals surface area contributed by atoms with Gasteiger partial charge in [-0.2, -0.15) is 13.2 Å². The van der Waals surface area contributed by atoms with Crippen molar-refractivity contribution in [2.24, 2.45) is 0 Å². The zero-order valence-electron chi connectivity index (χ0n) is 16.1. The van der Waals surface area contributed by atoms with E-state index in [1.807, 2.05) is 37.3 Å². The summed E-state index contributed by atoms with van der Waals surface area (Å²) in [5, 5.41) is 0. The Morgan fingerprint density at radius 2 is 1.83 bits per heavy atom. The van der Waals surface area contributed by atoms with E-state index >= 15 is 0 Å². The van der Waals surface area contributed by atoms with Crippen molar-refractivity contribution in [2.75, 3.05) is 19.6 Å². The average molecular weight is 401 g/mol. The maximum absolute atomic E-state index is 12.7. The lowest BCUT2D eigenvalue weighted by Crippen LogP contribution is -2.40. The van der Waals surface area contributed by atoms with Crippen molar-refractivity contribution in [1.29, 1.82) is 0 Å². The Morgan fingerprint density at radius 3 is 2.52 bits per heavy atom. The summed E-state index contributed by atoms with van der Waals surface area (Å²) >= 11 is 0. The van der Waals surface area contributed by atoms with Crippen molar-refractivity contribution in [2.45, 2.75) is 31.9 Å². The topological polar surface area (TPSA) is 57.7 Å². The summed E-state index contributed by atoms with van der Waals surface area (Å²) in [5.41, 5.74) is 3.33. The average Bonchev–Trinajstić information content (AvgIpc) is 3.09. The number of likely N-dealkylation sites (tertiary alicyclic amines) is 1. The Bertz CT molecular complexity index is 951. The summed E-state index contributed by atoms with van der Waals surface area (Å²) < 4.78 is 38.2. The molecule has 0 radical (unpaired) electrons. The number of H-pyrrole nitrogens is 1. The minimum atomic E-state index is -4.18. The minimum Gasteiger partial charge on any atom is -0.345 e. The predicted octanol–water partition coefficient (Wildman–Crippen LogP) is 4.58. The first-order valence-electron chi connectivity index (χ1n) is 9.62. The monoisotopic (exact) mass is 401 g/mol. The highest BCUT2D eigenvalue weighted by Gasteiger charge is 2.34. The molecule has 1 saturated heterocycles. The Morgan fingerprint density at radius 1 is 1.10 bits per heavy atom. The number of nitrogens with zero attached hydrogens (tertiary/aromatic N) is 4. The summed E-state index contributed by atoms with van der Waals surface area (Å²) in [6.45, 7) is 1.87. The third-order valence-corrected chi connectivity index (χ3v) is 5.16. The zero-order valence-corrected chi connectivity index (χ0v) is 16.1. The molecule has 0 bridgehead atoms. The number of aryl methyl sites for hydroxylation is 1. The van der Waals surface area contributed by atoms with Gasteiger partial charge in [0.2, 0.25) is 0 Å². The molecule has 1 atom stereocenters. The normalized spacial score (nSPS) is 18.1. The van der Waals surface area contributed by atoms with E-state index in [1.165, 1.54) is 4.90 Å². The van der Waals surface area contributed by atoms with Crippen LogP contribution in [-0.4, -0.2) is 50.6 Å². The zero-order chi connectivity index (χ0) is 20.4. The summed E-state index contributed by atoms with van der Waals surface area (Å²) in [6, 6.07) is 9.70. The van der Waals surface area contributed by atoms with E-state index in [2.05, 4.69) is 15.0 Å². The number of aromatic nitrogens is 4. The van der Waals surface area contributed by atoms with Crippen LogP contribution in [0.2, 0.25) is 0 Å². The van der Waals surface area contributed by atoms with E-state index in [4.69, 9.17) is 4.98 Å². The maximum atomic E-state index is 12.7. The third-order valence-electron chi connectivity index (χ3n) is 5.16. The second-order valence-corrected chi connectivity index (χ2v) is 7.45. The molecule has 0 spiro atoms. The van der Waals surface area contributed by atoms with Crippen LogP contribution >= 0.6 is 0 Å². The second-order valence-electron chi connectivity index (χ2n) is 7.45. The molecule has 29 heavy (non-hydrogen) atoms. The Balaban J connectivity index is 1.52. The molecule has 5 nitrogen and oxygen atoms in total. The molecule has 1 N–H and O–H groups in total. The molecule has 0 saturated carbocycles. The molecular weight excluding hydrogens is 379 g/mol. The van der Waals surface area contributed by atoms with E-state index < -0.39 is 12.7 Å². The van der Waals surface area contributed by atoms with Gasteiger partial charge < -0.3 is 4.98 Å². The highest BCUT2D eigenvalue weighted by atomic mass is 19.4. The Kier molecular flexibility index (Phi) is 5.36. The number of hydrogen-bond acceptors (Lipinski definition) is 4. The Hall–Kier alpha value is -2.74. The van der Waals surface area contributed by atoms with Crippen molar-refractivity contribution < 1.29 is 13.2 Å². The number of benzene rings is 1. The van der Waals surface area contributed by atoms with Crippen LogP contribution in [0, 0.1) is 6.92 Å². The molecule has 3 aromatic rings. The van der Waals surface area contributed by atoms with E-state index in [0.29, 0.717) is 18.9 Å². The molecule has 4 rings (SSSR count). The lowest BCUT2D eigenvalue weighted by Gasteiger charge is -2.32. The number of piperidine rings is 1. The lowest BCUT2D eigenvalue weighted by atomic mass is 9.97. The summed E-state index contributed by atoms with van der Waals surface area (Å²) in [7, 11) is 0. The van der Waals surface area contributed by atoms with E-state index in [0.717, 1.165) is 41.2 Å². The van der Waals surface area contributed by atoms with Gasteiger partial charge in [0.1, 0.15) is 5.82 Å². The highest BCUT2D eigenvalue weighted by Crippen LogP contribution is 2.30. The molecular formula is C21H22F3N5. The molecule has 1 fully saturated rings. The maximum Gasteiger partial charge on any atom is 0.401 e. The first-order valence-corrected chi connectivity index (χ1v) is 9.62. The first kappa shape index (κ1) is 19.6. The van der Waals surface area contributed by atoms with Gasteiger partial charge in [0, 0.05) is 41.7 Å². The molecule has 8 heteroatoms. The van der Waals surface area contributed by atoms with E-state index in [1.54, 1.807) is 12.4 Å². The molecule has 0 unspecified atom stereocenters. The van der Waals surface area contributed by atoms with Gasteiger partial charge in [-0.25, -0.2) is 15.0 Å². The molecule has 1 aliphatic heterocycles. The molecule has 1 aliphatic rings. The number of alkyl halides is 3. The predicted molar refractivity (Wildman–Crippen MR) is 104 cm³/mol. The second kappa shape index (κ2) is 7.94. The molecule has 152 valence electrons. The van der Waals surface area contributed by atoms with Crippen molar-refractivity contribution in [3.63, 3.8) is 0 Å². The van der Waals surface area contributed by atoms with Gasteiger partial charge in [0.25, 0.3) is 0 Å². The largest absolute Gasteiger partial charge is 0.401 e. The summed E-state index contributed by atoms with van der Waals surface area (Å²) in [5.74, 6) is 1.33. The third kappa shape index (κ3) is 4.64. The fraction of sp³-hybridized carbons (Fsp3) is 0.381. The molecule has 2 aromatic heterocycles. The standard InChI is InChI=1S/C21H22F3N5/c1-14-18(17-10-25-19(26-11-17)15-6-3-2-4-7-15)28-20(27-14)16-8-5-9-29(12-16)13-21(22,23)24/h2-4,6-7,10-11,16H,5,8-9,12-13H2,1H3,(H,27,28)/t16-/m1/s1. The number of rotatable bonds is 4. The van der Waals surface area contributed by atoms with Crippen molar-refractivity contribution in [3.05, 3.63) is 54.2 Å². The van der Waals surface area contributed by atoms with Crippen LogP contribution in [0.15, 0.2) is 42.7 Å². The molecule has 3 heterocycles. The van der Waals surface area contributed by atoms with Gasteiger partial charge in [-0.3, -0.25) is 4.90 Å². The molecule has 0 aliphatic carbocycles. The number of halogens is 3. The van der Waals surface area contributed by atoms with Crippen LogP contribution in [0.1, 0.15) is 30.3 Å². The van der Waals surface area contributed by atoms with Crippen molar-refractivity contribution in [1.82, 2.24) is 24.8 Å². The minimum absolute atomic E-state index is 0.0388. The fourth-order valence-corrected chi connectivity index (χ4v) is 3.82. The lowest BCUT2D eigenvalue weighted by molar-refractivity contribution is -0.148. The summed E-state index contributed by atoms with van der Waals surface area (Å²) in [6.07, 6.45) is 0.844. The van der Waals surface area contributed by atoms with Crippen LogP contribution in [0.5, 0.6) is 0 Å².